The SMILES string of the molecule is O=C1C[C@@H]2CCCC[C@@]23CCCCN13. The summed E-state index contributed by atoms with van der Waals surface area (Å²) in [6, 6.07) is 0. The number of rotatable bonds is 0. The fourth-order valence-electron chi connectivity index (χ4n) is 4.02. The maximum absolute atomic E-state index is 11.9. The standard InChI is InChI=1S/C12H19NO/c14-11-9-10-5-1-2-6-12(10)7-3-4-8-13(11)12/h10H,1-9H2/t10-,12+/m0/s1. The van der Waals surface area contributed by atoms with Gasteiger partial charge in [0, 0.05) is 18.5 Å². The number of hydrogen-bond acceptors (Lipinski definition) is 1. The van der Waals surface area contributed by atoms with Gasteiger partial charge in [0.25, 0.3) is 0 Å². The van der Waals surface area contributed by atoms with Crippen LogP contribution < -0.4 is 0 Å². The van der Waals surface area contributed by atoms with Crippen molar-refractivity contribution in [3.8, 4) is 0 Å². The topological polar surface area (TPSA) is 20.3 Å². The number of amides is 1. The van der Waals surface area contributed by atoms with Crippen molar-refractivity contribution in [3.63, 3.8) is 0 Å². The molecule has 0 radical (unpaired) electrons. The lowest BCUT2D eigenvalue weighted by molar-refractivity contribution is -0.133. The molecule has 0 aromatic rings. The molecule has 1 amide bonds. The summed E-state index contributed by atoms with van der Waals surface area (Å²) in [7, 11) is 0. The second kappa shape index (κ2) is 2.98. The van der Waals surface area contributed by atoms with Crippen LogP contribution in [0.25, 0.3) is 0 Å². The van der Waals surface area contributed by atoms with Crippen LogP contribution in [0.1, 0.15) is 51.4 Å². The Hall–Kier alpha value is -0.530. The minimum absolute atomic E-state index is 0.341. The number of carbonyl (C=O) groups is 1. The summed E-state index contributed by atoms with van der Waals surface area (Å²) >= 11 is 0. The molecule has 2 aliphatic heterocycles. The second-order valence-corrected chi connectivity index (χ2v) is 5.25. The van der Waals surface area contributed by atoms with Crippen molar-refractivity contribution in [2.45, 2.75) is 56.9 Å². The molecule has 3 fully saturated rings. The summed E-state index contributed by atoms with van der Waals surface area (Å²) in [6.07, 6.45) is 10.0. The van der Waals surface area contributed by atoms with Gasteiger partial charge in [-0.15, -0.1) is 0 Å². The fourth-order valence-corrected chi connectivity index (χ4v) is 4.02. The molecular formula is C12H19NO. The Kier molecular flexibility index (Phi) is 1.86. The van der Waals surface area contributed by atoms with Crippen molar-refractivity contribution in [1.29, 1.82) is 0 Å². The highest BCUT2D eigenvalue weighted by atomic mass is 16.2. The quantitative estimate of drug-likeness (QED) is 0.578. The first-order chi connectivity index (χ1) is 6.83. The van der Waals surface area contributed by atoms with Gasteiger partial charge < -0.3 is 4.90 Å². The van der Waals surface area contributed by atoms with Crippen molar-refractivity contribution in [3.05, 3.63) is 0 Å². The minimum atomic E-state index is 0.341. The molecule has 0 bridgehead atoms. The zero-order chi connectivity index (χ0) is 9.60. The zero-order valence-electron chi connectivity index (χ0n) is 8.80. The van der Waals surface area contributed by atoms with Crippen molar-refractivity contribution in [2.24, 2.45) is 5.92 Å². The van der Waals surface area contributed by atoms with Crippen molar-refractivity contribution < 1.29 is 4.79 Å². The minimum Gasteiger partial charge on any atom is -0.337 e. The summed E-state index contributed by atoms with van der Waals surface area (Å²) in [5.74, 6) is 1.17. The van der Waals surface area contributed by atoms with Crippen LogP contribution in [0.4, 0.5) is 0 Å². The lowest BCUT2D eigenvalue weighted by Gasteiger charge is -2.48. The Labute approximate surface area is 85.7 Å². The van der Waals surface area contributed by atoms with E-state index in [2.05, 4.69) is 4.90 Å². The molecule has 1 aliphatic carbocycles. The van der Waals surface area contributed by atoms with Crippen LogP contribution in [0.3, 0.4) is 0 Å². The summed E-state index contributed by atoms with van der Waals surface area (Å²) in [4.78, 5) is 14.1. The van der Waals surface area contributed by atoms with E-state index in [9.17, 15) is 4.79 Å². The third-order valence-corrected chi connectivity index (χ3v) is 4.67. The van der Waals surface area contributed by atoms with Crippen LogP contribution in [-0.4, -0.2) is 22.9 Å². The van der Waals surface area contributed by atoms with Gasteiger partial charge >= 0.3 is 0 Å². The highest BCUT2D eigenvalue weighted by Crippen LogP contribution is 2.50. The molecule has 1 spiro atoms. The van der Waals surface area contributed by atoms with Gasteiger partial charge in [-0.1, -0.05) is 12.8 Å². The molecular weight excluding hydrogens is 174 g/mol. The molecule has 0 aromatic carbocycles. The average Bonchev–Trinajstić information content (AvgIpc) is 2.51. The summed E-state index contributed by atoms with van der Waals surface area (Å²) in [5, 5.41) is 0. The molecule has 0 aromatic heterocycles. The van der Waals surface area contributed by atoms with Gasteiger partial charge in [0.05, 0.1) is 0 Å². The van der Waals surface area contributed by atoms with Crippen molar-refractivity contribution in [2.75, 3.05) is 6.54 Å². The monoisotopic (exact) mass is 193 g/mol. The molecule has 14 heavy (non-hydrogen) atoms. The fraction of sp³-hybridized carbons (Fsp3) is 0.917. The Bertz CT molecular complexity index is 257. The summed E-state index contributed by atoms with van der Waals surface area (Å²) in [6.45, 7) is 1.05. The lowest BCUT2D eigenvalue weighted by Crippen LogP contribution is -2.53. The molecule has 2 heteroatoms. The van der Waals surface area contributed by atoms with Gasteiger partial charge in [0.1, 0.15) is 0 Å². The third-order valence-electron chi connectivity index (χ3n) is 4.67. The van der Waals surface area contributed by atoms with E-state index < -0.39 is 0 Å². The molecule has 2 nitrogen and oxygen atoms in total. The predicted molar refractivity (Wildman–Crippen MR) is 54.9 cm³/mol. The zero-order valence-corrected chi connectivity index (χ0v) is 8.80. The van der Waals surface area contributed by atoms with Gasteiger partial charge in [-0.2, -0.15) is 0 Å². The van der Waals surface area contributed by atoms with Crippen LogP contribution in [0.2, 0.25) is 0 Å². The van der Waals surface area contributed by atoms with Gasteiger partial charge in [-0.25, -0.2) is 0 Å². The van der Waals surface area contributed by atoms with E-state index in [1.165, 1.54) is 44.9 Å². The number of carbonyl (C=O) groups excluding carboxylic acids is 1. The van der Waals surface area contributed by atoms with E-state index in [-0.39, 0.29) is 0 Å². The maximum atomic E-state index is 11.9. The Morgan fingerprint density at radius 3 is 2.79 bits per heavy atom. The number of piperidine rings is 1. The van der Waals surface area contributed by atoms with Crippen LogP contribution in [0, 0.1) is 5.92 Å². The van der Waals surface area contributed by atoms with Crippen molar-refractivity contribution in [1.82, 2.24) is 4.90 Å². The Balaban J connectivity index is 1.95. The Morgan fingerprint density at radius 1 is 1.14 bits per heavy atom. The van der Waals surface area contributed by atoms with Crippen molar-refractivity contribution >= 4 is 5.91 Å². The first-order valence-electron chi connectivity index (χ1n) is 6.13. The van der Waals surface area contributed by atoms with E-state index >= 15 is 0 Å². The molecule has 0 N–H and O–H groups in total. The van der Waals surface area contributed by atoms with Crippen LogP contribution in [0.5, 0.6) is 0 Å². The highest BCUT2D eigenvalue weighted by Gasteiger charge is 2.53. The maximum Gasteiger partial charge on any atom is 0.223 e. The van der Waals surface area contributed by atoms with E-state index in [0.717, 1.165) is 13.0 Å². The van der Waals surface area contributed by atoms with Crippen LogP contribution in [0.15, 0.2) is 0 Å². The van der Waals surface area contributed by atoms with Gasteiger partial charge in [-0.05, 0) is 38.0 Å². The first kappa shape index (κ1) is 8.75. The van der Waals surface area contributed by atoms with E-state index in [1.54, 1.807) is 0 Å². The van der Waals surface area contributed by atoms with E-state index in [0.29, 0.717) is 17.4 Å². The molecule has 1 saturated carbocycles. The van der Waals surface area contributed by atoms with E-state index in [1.807, 2.05) is 0 Å². The molecule has 0 unspecified atom stereocenters. The predicted octanol–water partition coefficient (Wildman–Crippen LogP) is 2.33. The number of nitrogens with zero attached hydrogens (tertiary/aromatic N) is 1. The first-order valence-corrected chi connectivity index (χ1v) is 6.13. The molecule has 78 valence electrons. The van der Waals surface area contributed by atoms with Crippen LogP contribution in [-0.2, 0) is 4.79 Å². The molecule has 3 rings (SSSR count). The summed E-state index contributed by atoms with van der Waals surface area (Å²) in [5.41, 5.74) is 0.341. The number of hydrogen-bond donors (Lipinski definition) is 0. The summed E-state index contributed by atoms with van der Waals surface area (Å²) < 4.78 is 0. The van der Waals surface area contributed by atoms with Gasteiger partial charge in [0.2, 0.25) is 5.91 Å². The van der Waals surface area contributed by atoms with Crippen LogP contribution >= 0.6 is 0 Å². The normalized spacial score (nSPS) is 42.1. The second-order valence-electron chi connectivity index (χ2n) is 5.25. The Morgan fingerprint density at radius 2 is 1.93 bits per heavy atom. The van der Waals surface area contributed by atoms with E-state index in [4.69, 9.17) is 0 Å². The molecule has 2 atom stereocenters. The van der Waals surface area contributed by atoms with Gasteiger partial charge in [-0.3, -0.25) is 4.79 Å². The van der Waals surface area contributed by atoms with Gasteiger partial charge in [0.15, 0.2) is 0 Å². The average molecular weight is 193 g/mol. The highest BCUT2D eigenvalue weighted by molar-refractivity contribution is 5.80. The lowest BCUT2D eigenvalue weighted by atomic mass is 9.69. The third kappa shape index (κ3) is 0.999. The largest absolute Gasteiger partial charge is 0.337 e. The molecule has 3 aliphatic rings. The molecule has 2 saturated heterocycles. The molecule has 2 heterocycles. The smallest absolute Gasteiger partial charge is 0.223 e.